The highest BCUT2D eigenvalue weighted by molar-refractivity contribution is 6.57. The maximum Gasteiger partial charge on any atom is 0.508 e. The molecule has 0 aliphatic rings. The van der Waals surface area contributed by atoms with Gasteiger partial charge in [-0.3, -0.25) is 0 Å². The number of alkyl halides is 2. The van der Waals surface area contributed by atoms with Crippen LogP contribution < -0.4 is 5.59 Å². The minimum absolute atomic E-state index is 0.241. The van der Waals surface area contributed by atoms with E-state index in [0.29, 0.717) is 0 Å². The molecule has 1 rings (SSSR count). The topological polar surface area (TPSA) is 58.3 Å². The van der Waals surface area contributed by atoms with Gasteiger partial charge in [-0.25, -0.2) is 4.68 Å². The summed E-state index contributed by atoms with van der Waals surface area (Å²) in [6.45, 7) is -2.85. The first kappa shape index (κ1) is 8.15. The van der Waals surface area contributed by atoms with Crippen LogP contribution in [0.4, 0.5) is 8.78 Å². The van der Waals surface area contributed by atoms with Crippen molar-refractivity contribution in [3.63, 3.8) is 0 Å². The molecule has 1 aromatic rings. The summed E-state index contributed by atoms with van der Waals surface area (Å²) in [5, 5.41) is 20.2. The number of halogens is 2. The van der Waals surface area contributed by atoms with Crippen molar-refractivity contribution < 1.29 is 18.8 Å². The highest BCUT2D eigenvalue weighted by atomic mass is 19.3. The van der Waals surface area contributed by atoms with Gasteiger partial charge in [0.15, 0.2) is 0 Å². The van der Waals surface area contributed by atoms with Crippen LogP contribution in [-0.2, 0) is 0 Å². The average Bonchev–Trinajstić information content (AvgIpc) is 2.32. The third kappa shape index (κ3) is 1.55. The van der Waals surface area contributed by atoms with Crippen molar-refractivity contribution in [2.75, 3.05) is 0 Å². The molecule has 0 unspecified atom stereocenters. The minimum Gasteiger partial charge on any atom is -0.422 e. The van der Waals surface area contributed by atoms with E-state index in [1.807, 2.05) is 0 Å². The van der Waals surface area contributed by atoms with Crippen molar-refractivity contribution >= 4 is 12.7 Å². The van der Waals surface area contributed by atoms with E-state index >= 15 is 0 Å². The van der Waals surface area contributed by atoms with Crippen LogP contribution in [0.1, 0.15) is 6.55 Å². The van der Waals surface area contributed by atoms with Crippen LogP contribution in [0.15, 0.2) is 12.3 Å². The quantitative estimate of drug-likeness (QED) is 0.546. The normalized spacial score (nSPS) is 10.6. The molecule has 0 radical (unpaired) electrons. The van der Waals surface area contributed by atoms with Gasteiger partial charge in [0.2, 0.25) is 0 Å². The van der Waals surface area contributed by atoms with E-state index in [1.54, 1.807) is 0 Å². The number of aromatic nitrogens is 2. The fourth-order valence-corrected chi connectivity index (χ4v) is 0.692. The lowest BCUT2D eigenvalue weighted by Gasteiger charge is -2.03. The van der Waals surface area contributed by atoms with E-state index in [2.05, 4.69) is 5.10 Å². The Morgan fingerprint density at radius 1 is 1.55 bits per heavy atom. The third-order valence-electron chi connectivity index (χ3n) is 1.15. The minimum atomic E-state index is -2.85. The molecule has 2 N–H and O–H groups in total. The maximum absolute atomic E-state index is 11.9. The zero-order valence-corrected chi connectivity index (χ0v) is 5.35. The molecule has 0 saturated heterocycles. The molecule has 0 amide bonds. The number of hydrogen-bond acceptors (Lipinski definition) is 3. The van der Waals surface area contributed by atoms with E-state index < -0.39 is 13.7 Å². The first-order valence-electron chi connectivity index (χ1n) is 2.80. The lowest BCUT2D eigenvalue weighted by Crippen LogP contribution is -2.37. The summed E-state index contributed by atoms with van der Waals surface area (Å²) >= 11 is 0. The zero-order chi connectivity index (χ0) is 8.43. The largest absolute Gasteiger partial charge is 0.508 e. The fraction of sp³-hybridized carbons (Fsp3) is 0.250. The van der Waals surface area contributed by atoms with Gasteiger partial charge in [-0.2, -0.15) is 13.9 Å². The lowest BCUT2D eigenvalue weighted by molar-refractivity contribution is 0.0591. The van der Waals surface area contributed by atoms with Crippen LogP contribution in [-0.4, -0.2) is 26.9 Å². The highest BCUT2D eigenvalue weighted by Gasteiger charge is 2.20. The van der Waals surface area contributed by atoms with E-state index in [4.69, 9.17) is 10.0 Å². The van der Waals surface area contributed by atoms with Gasteiger partial charge in [0.1, 0.15) is 0 Å². The van der Waals surface area contributed by atoms with Gasteiger partial charge in [-0.15, -0.1) is 0 Å². The van der Waals surface area contributed by atoms with Crippen molar-refractivity contribution in [3.8, 4) is 0 Å². The van der Waals surface area contributed by atoms with Crippen LogP contribution in [0.5, 0.6) is 0 Å². The Hall–Kier alpha value is -0.945. The monoisotopic (exact) mass is 162 g/mol. The number of rotatable bonds is 2. The van der Waals surface area contributed by atoms with Crippen molar-refractivity contribution in [2.45, 2.75) is 6.55 Å². The van der Waals surface area contributed by atoms with E-state index in [-0.39, 0.29) is 10.3 Å². The van der Waals surface area contributed by atoms with Crippen LogP contribution in [0.25, 0.3) is 0 Å². The van der Waals surface area contributed by atoms with Gasteiger partial charge in [-0.1, -0.05) is 0 Å². The summed E-state index contributed by atoms with van der Waals surface area (Å²) in [7, 11) is -1.91. The van der Waals surface area contributed by atoms with Gasteiger partial charge in [0.05, 0.1) is 5.59 Å². The molecule has 0 spiro atoms. The van der Waals surface area contributed by atoms with E-state index in [0.717, 1.165) is 12.3 Å². The van der Waals surface area contributed by atoms with Gasteiger partial charge in [-0.05, 0) is 6.07 Å². The molecule has 60 valence electrons. The second kappa shape index (κ2) is 2.97. The van der Waals surface area contributed by atoms with E-state index in [1.165, 1.54) is 0 Å². The summed E-state index contributed by atoms with van der Waals surface area (Å²) in [5.41, 5.74) is -0.319. The molecule has 0 aliphatic carbocycles. The van der Waals surface area contributed by atoms with E-state index in [9.17, 15) is 8.78 Å². The van der Waals surface area contributed by atoms with Gasteiger partial charge in [0.25, 0.3) is 0 Å². The molecule has 0 saturated carbocycles. The predicted octanol–water partition coefficient (Wildman–Crippen LogP) is -1.04. The Morgan fingerprint density at radius 2 is 2.18 bits per heavy atom. The molecule has 4 nitrogen and oxygen atoms in total. The predicted molar refractivity (Wildman–Crippen MR) is 33.3 cm³/mol. The van der Waals surface area contributed by atoms with Crippen molar-refractivity contribution in [3.05, 3.63) is 12.3 Å². The zero-order valence-electron chi connectivity index (χ0n) is 5.35. The van der Waals surface area contributed by atoms with Crippen molar-refractivity contribution in [1.82, 2.24) is 9.78 Å². The second-order valence-corrected chi connectivity index (χ2v) is 1.85. The highest BCUT2D eigenvalue weighted by Crippen LogP contribution is 2.04. The molecule has 0 bridgehead atoms. The maximum atomic E-state index is 11.9. The Morgan fingerprint density at radius 3 is 2.55 bits per heavy atom. The second-order valence-electron chi connectivity index (χ2n) is 1.85. The smallest absolute Gasteiger partial charge is 0.422 e. The van der Waals surface area contributed by atoms with Crippen LogP contribution in [0, 0.1) is 0 Å². The molecule has 0 fully saturated rings. The van der Waals surface area contributed by atoms with Crippen molar-refractivity contribution in [1.29, 1.82) is 0 Å². The number of hydrogen-bond donors (Lipinski definition) is 2. The lowest BCUT2D eigenvalue weighted by atomic mass is 9.86. The molecular formula is C4H5BF2N2O2. The third-order valence-corrected chi connectivity index (χ3v) is 1.15. The first-order chi connectivity index (χ1) is 5.13. The van der Waals surface area contributed by atoms with Gasteiger partial charge < -0.3 is 10.0 Å². The molecular weight excluding hydrogens is 157 g/mol. The standard InChI is InChI=1S/C4H5BF2N2O2/c6-4(7)9-3(5(10)11)1-2-8-9/h1-2,4,10-11H. The summed E-state index contributed by atoms with van der Waals surface area (Å²) in [6, 6.07) is 1.11. The Bertz CT molecular complexity index is 217. The van der Waals surface area contributed by atoms with Gasteiger partial charge >= 0.3 is 13.7 Å². The first-order valence-corrected chi connectivity index (χ1v) is 2.80. The molecule has 1 aromatic heterocycles. The number of nitrogens with zero attached hydrogens (tertiary/aromatic N) is 2. The molecule has 0 atom stereocenters. The average molecular weight is 162 g/mol. The summed E-state index contributed by atoms with van der Waals surface area (Å²) in [4.78, 5) is 0. The Kier molecular flexibility index (Phi) is 2.20. The Balaban J connectivity index is 2.96. The Labute approximate surface area is 61.2 Å². The van der Waals surface area contributed by atoms with Crippen LogP contribution in [0.2, 0.25) is 0 Å². The molecule has 7 heteroatoms. The van der Waals surface area contributed by atoms with Crippen molar-refractivity contribution in [2.24, 2.45) is 0 Å². The molecule has 11 heavy (non-hydrogen) atoms. The van der Waals surface area contributed by atoms with Gasteiger partial charge in [0, 0.05) is 6.20 Å². The molecule has 1 heterocycles. The molecule has 0 aromatic carbocycles. The molecule has 0 aliphatic heterocycles. The summed E-state index contributed by atoms with van der Waals surface area (Å²) in [6.07, 6.45) is 1.07. The summed E-state index contributed by atoms with van der Waals surface area (Å²) in [5.74, 6) is 0. The van der Waals surface area contributed by atoms with Crippen LogP contribution in [0.3, 0.4) is 0 Å². The SMILES string of the molecule is OB(O)c1ccnn1C(F)F. The fourth-order valence-electron chi connectivity index (χ4n) is 0.692. The summed E-state index contributed by atoms with van der Waals surface area (Å²) < 4.78 is 24.0. The van der Waals surface area contributed by atoms with Crippen LogP contribution >= 0.6 is 0 Å².